The van der Waals surface area contributed by atoms with E-state index in [-0.39, 0.29) is 23.0 Å². The number of aryl methyl sites for hydroxylation is 1. The molecule has 1 aliphatic rings. The highest BCUT2D eigenvalue weighted by Crippen LogP contribution is 2.20. The number of nitrogens with one attached hydrogen (secondary N) is 2. The molecule has 2 N–H and O–H groups in total. The maximum atomic E-state index is 13.1. The standard InChI is InChI=1S/C23H23FN4O2S/c1-15-4-2-3-5-19(15)25-21(29)14-31-23-26-20-10-11-28(13-18(20)22(30)27-23)12-16-6-8-17(24)9-7-16/h2-9H,10-14H2,1H3,(H,25,29)(H,26,27,30). The molecule has 0 bridgehead atoms. The van der Waals surface area contributed by atoms with Gasteiger partial charge in [-0.05, 0) is 36.2 Å². The minimum absolute atomic E-state index is 0.148. The largest absolute Gasteiger partial charge is 0.325 e. The fourth-order valence-electron chi connectivity index (χ4n) is 3.54. The van der Waals surface area contributed by atoms with Crippen LogP contribution >= 0.6 is 11.8 Å². The van der Waals surface area contributed by atoms with Gasteiger partial charge in [0.05, 0.1) is 17.0 Å². The van der Waals surface area contributed by atoms with Crippen molar-refractivity contribution in [3.63, 3.8) is 0 Å². The van der Waals surface area contributed by atoms with Crippen molar-refractivity contribution in [2.24, 2.45) is 0 Å². The molecule has 4 rings (SSSR count). The van der Waals surface area contributed by atoms with Crippen LogP contribution in [0.15, 0.2) is 58.5 Å². The lowest BCUT2D eigenvalue weighted by Crippen LogP contribution is -2.35. The highest BCUT2D eigenvalue weighted by atomic mass is 32.2. The number of rotatable bonds is 6. The Morgan fingerprint density at radius 2 is 2.00 bits per heavy atom. The normalized spacial score (nSPS) is 13.6. The summed E-state index contributed by atoms with van der Waals surface area (Å²) in [5.41, 5.74) is 4.03. The van der Waals surface area contributed by atoms with E-state index in [2.05, 4.69) is 20.2 Å². The number of aromatic nitrogens is 2. The van der Waals surface area contributed by atoms with Crippen molar-refractivity contribution in [3.05, 3.63) is 87.1 Å². The summed E-state index contributed by atoms with van der Waals surface area (Å²) in [7, 11) is 0. The average molecular weight is 439 g/mol. The third-order valence-corrected chi connectivity index (χ3v) is 6.08. The lowest BCUT2D eigenvalue weighted by molar-refractivity contribution is -0.113. The number of nitrogens with zero attached hydrogens (tertiary/aromatic N) is 2. The summed E-state index contributed by atoms with van der Waals surface area (Å²) in [4.78, 5) is 34.4. The number of aromatic amines is 1. The van der Waals surface area contributed by atoms with Crippen LogP contribution < -0.4 is 10.9 Å². The predicted octanol–water partition coefficient (Wildman–Crippen LogP) is 3.51. The van der Waals surface area contributed by atoms with E-state index in [0.29, 0.717) is 30.2 Å². The Kier molecular flexibility index (Phi) is 6.48. The van der Waals surface area contributed by atoms with Crippen molar-refractivity contribution in [2.75, 3.05) is 17.6 Å². The van der Waals surface area contributed by atoms with Gasteiger partial charge in [0.15, 0.2) is 5.16 Å². The van der Waals surface area contributed by atoms with E-state index in [0.717, 1.165) is 29.1 Å². The van der Waals surface area contributed by atoms with Crippen molar-refractivity contribution in [3.8, 4) is 0 Å². The van der Waals surface area contributed by atoms with Crippen molar-refractivity contribution < 1.29 is 9.18 Å². The van der Waals surface area contributed by atoms with Gasteiger partial charge < -0.3 is 10.3 Å². The second kappa shape index (κ2) is 9.45. The molecule has 1 aromatic heterocycles. The number of fused-ring (bicyclic) bond motifs is 1. The number of carbonyl (C=O) groups excluding carboxylic acids is 1. The average Bonchev–Trinajstić information content (AvgIpc) is 2.76. The van der Waals surface area contributed by atoms with Gasteiger partial charge in [-0.15, -0.1) is 0 Å². The van der Waals surface area contributed by atoms with Gasteiger partial charge in [0.25, 0.3) is 5.56 Å². The van der Waals surface area contributed by atoms with E-state index in [1.165, 1.54) is 23.9 Å². The van der Waals surface area contributed by atoms with E-state index in [4.69, 9.17) is 0 Å². The van der Waals surface area contributed by atoms with Crippen molar-refractivity contribution >= 4 is 23.4 Å². The van der Waals surface area contributed by atoms with Gasteiger partial charge in [-0.1, -0.05) is 42.1 Å². The monoisotopic (exact) mass is 438 g/mol. The summed E-state index contributed by atoms with van der Waals surface area (Å²) in [6, 6.07) is 14.0. The van der Waals surface area contributed by atoms with Crippen LogP contribution in [-0.4, -0.2) is 33.1 Å². The van der Waals surface area contributed by atoms with E-state index >= 15 is 0 Å². The summed E-state index contributed by atoms with van der Waals surface area (Å²) in [6.45, 7) is 3.84. The molecule has 3 aromatic rings. The number of hydrogen-bond donors (Lipinski definition) is 2. The Morgan fingerprint density at radius 3 is 2.77 bits per heavy atom. The Hall–Kier alpha value is -2.97. The van der Waals surface area contributed by atoms with Crippen molar-refractivity contribution in [1.82, 2.24) is 14.9 Å². The Bertz CT molecular complexity index is 1150. The Balaban J connectivity index is 1.37. The Morgan fingerprint density at radius 1 is 1.23 bits per heavy atom. The van der Waals surface area contributed by atoms with Crippen LogP contribution in [0.3, 0.4) is 0 Å². The molecule has 2 aromatic carbocycles. The SMILES string of the molecule is Cc1ccccc1NC(=O)CSc1nc2c(c(=O)[nH]1)CN(Cc1ccc(F)cc1)CC2. The molecule has 0 radical (unpaired) electrons. The van der Waals surface area contributed by atoms with Crippen molar-refractivity contribution in [1.29, 1.82) is 0 Å². The quantitative estimate of drug-likeness (QED) is 0.455. The van der Waals surface area contributed by atoms with Gasteiger partial charge in [0.2, 0.25) is 5.91 Å². The molecule has 8 heteroatoms. The summed E-state index contributed by atoms with van der Waals surface area (Å²) >= 11 is 1.22. The number of thioether (sulfide) groups is 1. The molecular formula is C23H23FN4O2S. The molecule has 1 aliphatic heterocycles. The van der Waals surface area contributed by atoms with Crippen LogP contribution in [0, 0.1) is 12.7 Å². The summed E-state index contributed by atoms with van der Waals surface area (Å²) in [6.07, 6.45) is 0.656. The van der Waals surface area contributed by atoms with E-state index in [1.54, 1.807) is 12.1 Å². The van der Waals surface area contributed by atoms with Crippen molar-refractivity contribution in [2.45, 2.75) is 31.6 Å². The lowest BCUT2D eigenvalue weighted by Gasteiger charge is -2.27. The summed E-state index contributed by atoms with van der Waals surface area (Å²) in [5.74, 6) is -0.247. The van der Waals surface area contributed by atoms with Gasteiger partial charge in [0.1, 0.15) is 5.82 Å². The Labute approximate surface area is 183 Å². The molecule has 0 aliphatic carbocycles. The first kappa shape index (κ1) is 21.3. The molecule has 1 amide bonds. The number of amides is 1. The van der Waals surface area contributed by atoms with Gasteiger partial charge in [0, 0.05) is 31.7 Å². The molecule has 0 saturated heterocycles. The van der Waals surface area contributed by atoms with Crippen LogP contribution in [0.25, 0.3) is 0 Å². The molecular weight excluding hydrogens is 415 g/mol. The predicted molar refractivity (Wildman–Crippen MR) is 120 cm³/mol. The molecule has 0 atom stereocenters. The van der Waals surface area contributed by atoms with Crippen LogP contribution in [-0.2, 0) is 24.3 Å². The number of benzene rings is 2. The zero-order chi connectivity index (χ0) is 21.8. The lowest BCUT2D eigenvalue weighted by atomic mass is 10.1. The number of anilines is 1. The molecule has 0 unspecified atom stereocenters. The zero-order valence-electron chi connectivity index (χ0n) is 17.2. The van der Waals surface area contributed by atoms with Crippen LogP contribution in [0.1, 0.15) is 22.4 Å². The third kappa shape index (κ3) is 5.39. The first-order chi connectivity index (χ1) is 15.0. The molecule has 6 nitrogen and oxygen atoms in total. The minimum atomic E-state index is -0.258. The third-order valence-electron chi connectivity index (χ3n) is 5.20. The highest BCUT2D eigenvalue weighted by molar-refractivity contribution is 7.99. The van der Waals surface area contributed by atoms with E-state index < -0.39 is 0 Å². The number of hydrogen-bond acceptors (Lipinski definition) is 5. The van der Waals surface area contributed by atoms with Crippen LogP contribution in [0.2, 0.25) is 0 Å². The molecule has 160 valence electrons. The number of para-hydroxylation sites is 1. The fraction of sp³-hybridized carbons (Fsp3) is 0.261. The summed E-state index contributed by atoms with van der Waals surface area (Å²) in [5, 5.41) is 3.33. The van der Waals surface area contributed by atoms with Crippen LogP contribution in [0.4, 0.5) is 10.1 Å². The second-order valence-corrected chi connectivity index (χ2v) is 8.50. The van der Waals surface area contributed by atoms with E-state index in [9.17, 15) is 14.0 Å². The van der Waals surface area contributed by atoms with Gasteiger partial charge in [-0.2, -0.15) is 0 Å². The maximum Gasteiger partial charge on any atom is 0.256 e. The first-order valence-electron chi connectivity index (χ1n) is 10.0. The zero-order valence-corrected chi connectivity index (χ0v) is 18.0. The number of carbonyl (C=O) groups is 1. The number of H-pyrrole nitrogens is 1. The smallest absolute Gasteiger partial charge is 0.256 e. The van der Waals surface area contributed by atoms with E-state index in [1.807, 2.05) is 31.2 Å². The van der Waals surface area contributed by atoms with Gasteiger partial charge in [-0.3, -0.25) is 14.5 Å². The van der Waals surface area contributed by atoms with Gasteiger partial charge in [-0.25, -0.2) is 9.37 Å². The van der Waals surface area contributed by atoms with Gasteiger partial charge >= 0.3 is 0 Å². The first-order valence-corrected chi connectivity index (χ1v) is 11.0. The number of halogens is 1. The maximum absolute atomic E-state index is 13.1. The molecule has 2 heterocycles. The minimum Gasteiger partial charge on any atom is -0.325 e. The fourth-order valence-corrected chi connectivity index (χ4v) is 4.22. The molecule has 31 heavy (non-hydrogen) atoms. The second-order valence-electron chi connectivity index (χ2n) is 7.54. The topological polar surface area (TPSA) is 78.1 Å². The summed E-state index contributed by atoms with van der Waals surface area (Å²) < 4.78 is 13.1. The van der Waals surface area contributed by atoms with Crippen LogP contribution in [0.5, 0.6) is 0 Å². The molecule has 0 spiro atoms. The molecule has 0 saturated carbocycles. The molecule has 0 fully saturated rings. The highest BCUT2D eigenvalue weighted by Gasteiger charge is 2.21.